The highest BCUT2D eigenvalue weighted by molar-refractivity contribution is 7.07. The quantitative estimate of drug-likeness (QED) is 0.275. The van der Waals surface area contributed by atoms with Crippen molar-refractivity contribution in [2.24, 2.45) is 4.99 Å². The van der Waals surface area contributed by atoms with E-state index in [4.69, 9.17) is 9.47 Å². The molecule has 0 radical (unpaired) electrons. The molecule has 0 N–H and O–H groups in total. The van der Waals surface area contributed by atoms with E-state index in [1.165, 1.54) is 22.0 Å². The standard InChI is InChI=1S/C26H25N3O6S/c1-5-34-20-10-8-7-9-17(20)14-21-24(30)28-23(18-12-11-15(3)19(13-18)29(32)33)22(25(31)35-6-2)16(4)27-26(28)36-21/h7-14,23H,5-6H2,1-4H3. The van der Waals surface area contributed by atoms with Crippen LogP contribution in [0.25, 0.3) is 6.08 Å². The number of nitro benzene ring substituents is 1. The van der Waals surface area contributed by atoms with Gasteiger partial charge in [0.1, 0.15) is 5.75 Å². The number of ether oxygens (including phenoxy) is 2. The van der Waals surface area contributed by atoms with E-state index in [0.717, 1.165) is 5.56 Å². The first-order valence-corrected chi connectivity index (χ1v) is 12.2. The molecular weight excluding hydrogens is 482 g/mol. The van der Waals surface area contributed by atoms with Gasteiger partial charge < -0.3 is 9.47 Å². The Labute approximate surface area is 210 Å². The van der Waals surface area contributed by atoms with Crippen LogP contribution in [0.3, 0.4) is 0 Å². The van der Waals surface area contributed by atoms with Gasteiger partial charge in [0.15, 0.2) is 4.80 Å². The number of thiazole rings is 1. The number of esters is 1. The van der Waals surface area contributed by atoms with E-state index < -0.39 is 16.9 Å². The third-order valence-electron chi connectivity index (χ3n) is 5.77. The molecule has 0 fully saturated rings. The summed E-state index contributed by atoms with van der Waals surface area (Å²) in [6, 6.07) is 11.1. The SMILES string of the molecule is CCOC(=O)C1=C(C)N=c2sc(=Cc3ccccc3OCC)c(=O)n2C1c1ccc(C)c([N+](=O)[O-])c1. The van der Waals surface area contributed by atoms with Crippen LogP contribution >= 0.6 is 11.3 Å². The van der Waals surface area contributed by atoms with Crippen molar-refractivity contribution in [3.05, 3.63) is 100 Å². The minimum absolute atomic E-state index is 0.0990. The van der Waals surface area contributed by atoms with Gasteiger partial charge in [0.25, 0.3) is 11.2 Å². The molecule has 0 saturated heterocycles. The zero-order valence-electron chi connectivity index (χ0n) is 20.3. The molecule has 4 rings (SSSR count). The number of fused-ring (bicyclic) bond motifs is 1. The van der Waals surface area contributed by atoms with Gasteiger partial charge in [-0.05, 0) is 45.4 Å². The highest BCUT2D eigenvalue weighted by Crippen LogP contribution is 2.33. The number of aromatic nitrogens is 1. The number of nitro groups is 1. The van der Waals surface area contributed by atoms with Gasteiger partial charge in [0, 0.05) is 17.2 Å². The Balaban J connectivity index is 1.99. The van der Waals surface area contributed by atoms with Gasteiger partial charge in [-0.3, -0.25) is 19.5 Å². The number of para-hydroxylation sites is 1. The predicted octanol–water partition coefficient (Wildman–Crippen LogP) is 3.41. The van der Waals surface area contributed by atoms with Crippen LogP contribution in [0.1, 0.15) is 43.5 Å². The molecule has 2 aromatic carbocycles. The van der Waals surface area contributed by atoms with Crippen LogP contribution in [-0.4, -0.2) is 28.7 Å². The van der Waals surface area contributed by atoms with Gasteiger partial charge in [-0.15, -0.1) is 0 Å². The van der Waals surface area contributed by atoms with E-state index in [0.29, 0.717) is 38.5 Å². The van der Waals surface area contributed by atoms with Gasteiger partial charge in [0.05, 0.1) is 40.0 Å². The second-order valence-corrected chi connectivity index (χ2v) is 9.09. The van der Waals surface area contributed by atoms with E-state index in [1.54, 1.807) is 39.0 Å². The minimum atomic E-state index is -0.927. The van der Waals surface area contributed by atoms with E-state index >= 15 is 0 Å². The first-order valence-electron chi connectivity index (χ1n) is 11.4. The van der Waals surface area contributed by atoms with Crippen molar-refractivity contribution in [1.82, 2.24) is 4.57 Å². The number of carbonyl (C=O) groups is 1. The second kappa shape index (κ2) is 10.3. The molecule has 1 aromatic heterocycles. The maximum absolute atomic E-state index is 13.7. The van der Waals surface area contributed by atoms with Crippen molar-refractivity contribution in [2.45, 2.75) is 33.7 Å². The molecule has 36 heavy (non-hydrogen) atoms. The van der Waals surface area contributed by atoms with Crippen LogP contribution < -0.4 is 19.6 Å². The van der Waals surface area contributed by atoms with Crippen molar-refractivity contribution in [1.29, 1.82) is 0 Å². The fourth-order valence-electron chi connectivity index (χ4n) is 4.13. The summed E-state index contributed by atoms with van der Waals surface area (Å²) < 4.78 is 12.8. The molecule has 2 heterocycles. The summed E-state index contributed by atoms with van der Waals surface area (Å²) in [5.41, 5.74) is 1.72. The van der Waals surface area contributed by atoms with Crippen molar-refractivity contribution in [2.75, 3.05) is 13.2 Å². The van der Waals surface area contributed by atoms with Crippen molar-refractivity contribution in [3.63, 3.8) is 0 Å². The van der Waals surface area contributed by atoms with Crippen LogP contribution in [0.4, 0.5) is 5.69 Å². The van der Waals surface area contributed by atoms with E-state index in [2.05, 4.69) is 4.99 Å². The summed E-state index contributed by atoms with van der Waals surface area (Å²) in [5.74, 6) is 0.0166. The summed E-state index contributed by atoms with van der Waals surface area (Å²) >= 11 is 1.18. The van der Waals surface area contributed by atoms with Crippen LogP contribution in [0.5, 0.6) is 5.75 Å². The fraction of sp³-hybridized carbons (Fsp3) is 0.269. The number of hydrogen-bond acceptors (Lipinski definition) is 8. The Morgan fingerprint density at radius 3 is 2.64 bits per heavy atom. The van der Waals surface area contributed by atoms with Crippen LogP contribution in [-0.2, 0) is 9.53 Å². The molecular formula is C26H25N3O6S. The zero-order valence-corrected chi connectivity index (χ0v) is 21.1. The second-order valence-electron chi connectivity index (χ2n) is 8.08. The van der Waals surface area contributed by atoms with Gasteiger partial charge in [-0.1, -0.05) is 41.7 Å². The number of rotatable bonds is 7. The maximum Gasteiger partial charge on any atom is 0.338 e. The highest BCUT2D eigenvalue weighted by Gasteiger charge is 2.34. The monoisotopic (exact) mass is 507 g/mol. The lowest BCUT2D eigenvalue weighted by molar-refractivity contribution is -0.385. The molecule has 1 aliphatic rings. The summed E-state index contributed by atoms with van der Waals surface area (Å²) in [4.78, 5) is 42.8. The zero-order chi connectivity index (χ0) is 26.0. The third-order valence-corrected chi connectivity index (χ3v) is 6.75. The molecule has 0 spiro atoms. The Bertz CT molecular complexity index is 1570. The van der Waals surface area contributed by atoms with Gasteiger partial charge in [-0.2, -0.15) is 0 Å². The number of aryl methyl sites for hydroxylation is 1. The van der Waals surface area contributed by atoms with Crippen molar-refractivity contribution in [3.8, 4) is 5.75 Å². The van der Waals surface area contributed by atoms with E-state index in [-0.39, 0.29) is 23.4 Å². The molecule has 3 aromatic rings. The average Bonchev–Trinajstić information content (AvgIpc) is 3.14. The van der Waals surface area contributed by atoms with E-state index in [1.807, 2.05) is 31.2 Å². The average molecular weight is 508 g/mol. The van der Waals surface area contributed by atoms with Crippen LogP contribution in [0, 0.1) is 17.0 Å². The smallest absolute Gasteiger partial charge is 0.338 e. The number of allylic oxidation sites excluding steroid dienone is 1. The Hall–Kier alpha value is -4.05. The minimum Gasteiger partial charge on any atom is -0.493 e. The molecule has 1 atom stereocenters. The Kier molecular flexibility index (Phi) is 7.16. The predicted molar refractivity (Wildman–Crippen MR) is 136 cm³/mol. The summed E-state index contributed by atoms with van der Waals surface area (Å²) in [6.45, 7) is 7.48. The Morgan fingerprint density at radius 1 is 1.19 bits per heavy atom. The molecule has 186 valence electrons. The van der Waals surface area contributed by atoms with Gasteiger partial charge in [0.2, 0.25) is 0 Å². The molecule has 9 nitrogen and oxygen atoms in total. The first kappa shape index (κ1) is 25.1. The summed E-state index contributed by atoms with van der Waals surface area (Å²) in [5, 5.41) is 11.6. The fourth-order valence-corrected chi connectivity index (χ4v) is 5.17. The largest absolute Gasteiger partial charge is 0.493 e. The lowest BCUT2D eigenvalue weighted by Crippen LogP contribution is -2.40. The summed E-state index contributed by atoms with van der Waals surface area (Å²) in [7, 11) is 0. The number of carbonyl (C=O) groups excluding carboxylic acids is 1. The molecule has 1 unspecified atom stereocenters. The molecule has 0 aliphatic carbocycles. The molecule has 0 amide bonds. The van der Waals surface area contributed by atoms with Crippen molar-refractivity contribution < 1.29 is 19.2 Å². The highest BCUT2D eigenvalue weighted by atomic mass is 32.1. The Morgan fingerprint density at radius 2 is 1.94 bits per heavy atom. The van der Waals surface area contributed by atoms with Gasteiger partial charge in [-0.25, -0.2) is 9.79 Å². The van der Waals surface area contributed by atoms with Crippen molar-refractivity contribution >= 4 is 29.1 Å². The number of hydrogen-bond donors (Lipinski definition) is 0. The molecule has 1 aliphatic heterocycles. The topological polar surface area (TPSA) is 113 Å². The summed E-state index contributed by atoms with van der Waals surface area (Å²) in [6.07, 6.45) is 1.73. The third kappa shape index (κ3) is 4.59. The maximum atomic E-state index is 13.7. The lowest BCUT2D eigenvalue weighted by Gasteiger charge is -2.24. The molecule has 0 bridgehead atoms. The van der Waals surface area contributed by atoms with Crippen LogP contribution in [0.2, 0.25) is 0 Å². The molecule has 10 heteroatoms. The number of benzene rings is 2. The van der Waals surface area contributed by atoms with Gasteiger partial charge >= 0.3 is 5.97 Å². The lowest BCUT2D eigenvalue weighted by atomic mass is 9.94. The number of nitrogens with zero attached hydrogens (tertiary/aromatic N) is 3. The normalized spacial score (nSPS) is 15.3. The van der Waals surface area contributed by atoms with E-state index in [9.17, 15) is 19.7 Å². The van der Waals surface area contributed by atoms with Crippen LogP contribution in [0.15, 0.2) is 63.5 Å². The first-order chi connectivity index (χ1) is 17.3. The molecule has 0 saturated carbocycles.